The standard InChI is InChI=1S/C26H29N9O4/c1-3-20(36)33-12-7-13-34(16-33)35-24-21(23(27)28-15-29-24)22(31-35)25(37)30-19-9-8-18(14-17(19)2)39-26(38)32-10-5-4-6-11-32/h3,7-9,12,14-15H,1,4-6,10-11,13,16H2,2H3,(H,30,37)(H2,27,28,29). The Morgan fingerprint density at radius 1 is 1.15 bits per heavy atom. The highest BCUT2D eigenvalue weighted by Gasteiger charge is 2.26. The molecule has 13 heteroatoms. The van der Waals surface area contributed by atoms with Crippen molar-refractivity contribution in [2.24, 2.45) is 0 Å². The van der Waals surface area contributed by atoms with E-state index in [0.717, 1.165) is 19.3 Å². The van der Waals surface area contributed by atoms with Crippen LogP contribution in [0.25, 0.3) is 11.0 Å². The normalized spacial score (nSPS) is 15.4. The van der Waals surface area contributed by atoms with Crippen molar-refractivity contribution in [3.8, 4) is 5.75 Å². The number of piperidine rings is 1. The number of anilines is 2. The van der Waals surface area contributed by atoms with Gasteiger partial charge in [-0.1, -0.05) is 6.58 Å². The van der Waals surface area contributed by atoms with Crippen LogP contribution in [0.15, 0.2) is 49.5 Å². The van der Waals surface area contributed by atoms with Gasteiger partial charge in [0.15, 0.2) is 11.3 Å². The monoisotopic (exact) mass is 531 g/mol. The van der Waals surface area contributed by atoms with Gasteiger partial charge in [-0.15, -0.1) is 5.10 Å². The molecule has 39 heavy (non-hydrogen) atoms. The number of nitrogens with zero attached hydrogens (tertiary/aromatic N) is 7. The number of nitrogen functional groups attached to an aromatic ring is 1. The Kier molecular flexibility index (Phi) is 7.12. The fourth-order valence-electron chi connectivity index (χ4n) is 4.55. The Balaban J connectivity index is 1.37. The smallest absolute Gasteiger partial charge is 0.410 e. The maximum Gasteiger partial charge on any atom is 0.415 e. The van der Waals surface area contributed by atoms with Crippen molar-refractivity contribution in [3.63, 3.8) is 0 Å². The first-order valence-corrected chi connectivity index (χ1v) is 12.6. The molecule has 1 saturated heterocycles. The van der Waals surface area contributed by atoms with Crippen molar-refractivity contribution in [1.82, 2.24) is 29.7 Å². The number of nitrogens with one attached hydrogen (secondary N) is 1. The van der Waals surface area contributed by atoms with Gasteiger partial charge in [0.05, 0.1) is 11.9 Å². The molecule has 0 atom stereocenters. The first-order valence-electron chi connectivity index (χ1n) is 12.6. The SMILES string of the molecule is C=CC(=O)N1C=CCN(n2nc(C(=O)Nc3ccc(OC(=O)N4CCCCC4)cc3C)c3c(N)ncnc32)C1. The number of ether oxygens (including phenoxy) is 1. The molecule has 3 aromatic rings. The molecule has 5 rings (SSSR count). The Morgan fingerprint density at radius 2 is 1.95 bits per heavy atom. The van der Waals surface area contributed by atoms with Gasteiger partial charge in [-0.05, 0) is 62.1 Å². The number of aryl methyl sites for hydroxylation is 1. The number of hydrogen-bond acceptors (Lipinski definition) is 9. The summed E-state index contributed by atoms with van der Waals surface area (Å²) in [5.74, 6) is -0.307. The molecular weight excluding hydrogens is 502 g/mol. The van der Waals surface area contributed by atoms with Crippen LogP contribution in [-0.2, 0) is 4.79 Å². The summed E-state index contributed by atoms with van der Waals surface area (Å²) in [5, 5.41) is 9.37. The summed E-state index contributed by atoms with van der Waals surface area (Å²) in [6.45, 7) is 7.29. The van der Waals surface area contributed by atoms with E-state index in [4.69, 9.17) is 10.5 Å². The van der Waals surface area contributed by atoms with Gasteiger partial charge >= 0.3 is 6.09 Å². The largest absolute Gasteiger partial charge is 0.415 e. The molecule has 1 fully saturated rings. The van der Waals surface area contributed by atoms with Crippen molar-refractivity contribution in [3.05, 3.63) is 60.7 Å². The van der Waals surface area contributed by atoms with Crippen LogP contribution >= 0.6 is 0 Å². The third-order valence-electron chi connectivity index (χ3n) is 6.60. The zero-order valence-electron chi connectivity index (χ0n) is 21.5. The quantitative estimate of drug-likeness (QED) is 0.473. The lowest BCUT2D eigenvalue weighted by Crippen LogP contribution is -2.47. The van der Waals surface area contributed by atoms with Crippen molar-refractivity contribution >= 4 is 40.4 Å². The van der Waals surface area contributed by atoms with E-state index in [1.807, 2.05) is 0 Å². The van der Waals surface area contributed by atoms with E-state index in [0.29, 0.717) is 42.3 Å². The maximum atomic E-state index is 13.4. The van der Waals surface area contributed by atoms with Gasteiger partial charge in [-0.3, -0.25) is 19.5 Å². The van der Waals surface area contributed by atoms with E-state index >= 15 is 0 Å². The van der Waals surface area contributed by atoms with Crippen LogP contribution in [0.4, 0.5) is 16.3 Å². The highest BCUT2D eigenvalue weighted by molar-refractivity contribution is 6.13. The molecular formula is C26H29N9O4. The van der Waals surface area contributed by atoms with Crippen molar-refractivity contribution in [2.75, 3.05) is 42.4 Å². The number of nitrogens with two attached hydrogens (primary N) is 1. The Labute approximate surface area is 224 Å². The van der Waals surface area contributed by atoms with Crippen LogP contribution in [-0.4, -0.2) is 73.9 Å². The summed E-state index contributed by atoms with van der Waals surface area (Å²) in [5.41, 5.74) is 7.70. The van der Waals surface area contributed by atoms with Crippen LogP contribution in [0.5, 0.6) is 5.75 Å². The van der Waals surface area contributed by atoms with Gasteiger partial charge in [-0.2, -0.15) is 4.79 Å². The minimum absolute atomic E-state index is 0.0271. The minimum atomic E-state index is -0.520. The fourth-order valence-corrected chi connectivity index (χ4v) is 4.55. The molecule has 2 aromatic heterocycles. The minimum Gasteiger partial charge on any atom is -0.410 e. The van der Waals surface area contributed by atoms with Crippen LogP contribution in [0.3, 0.4) is 0 Å². The molecule has 4 heterocycles. The zero-order chi connectivity index (χ0) is 27.5. The topological polar surface area (TPSA) is 152 Å². The van der Waals surface area contributed by atoms with Crippen molar-refractivity contribution in [2.45, 2.75) is 26.2 Å². The van der Waals surface area contributed by atoms with E-state index < -0.39 is 5.91 Å². The molecule has 0 bridgehead atoms. The molecule has 2 aliphatic rings. The molecule has 1 aromatic carbocycles. The summed E-state index contributed by atoms with van der Waals surface area (Å²) in [6, 6.07) is 4.99. The van der Waals surface area contributed by atoms with E-state index in [2.05, 4.69) is 27.0 Å². The molecule has 3 amide bonds. The number of hydrogen-bond donors (Lipinski definition) is 2. The summed E-state index contributed by atoms with van der Waals surface area (Å²) < 4.78 is 5.54. The maximum absolute atomic E-state index is 13.4. The first-order chi connectivity index (χ1) is 18.9. The van der Waals surface area contributed by atoms with Crippen LogP contribution in [0, 0.1) is 6.92 Å². The predicted octanol–water partition coefficient (Wildman–Crippen LogP) is 2.39. The van der Waals surface area contributed by atoms with Crippen molar-refractivity contribution < 1.29 is 19.1 Å². The van der Waals surface area contributed by atoms with Crippen LogP contribution in [0.2, 0.25) is 0 Å². The molecule has 0 saturated carbocycles. The van der Waals surface area contributed by atoms with Gasteiger partial charge in [0.1, 0.15) is 24.6 Å². The molecule has 2 aliphatic heterocycles. The average Bonchev–Trinajstić information content (AvgIpc) is 3.36. The first kappa shape index (κ1) is 25.7. The third kappa shape index (κ3) is 5.23. The van der Waals surface area contributed by atoms with E-state index in [9.17, 15) is 14.4 Å². The van der Waals surface area contributed by atoms with Gasteiger partial charge in [0, 0.05) is 25.0 Å². The number of aromatic nitrogens is 4. The summed E-state index contributed by atoms with van der Waals surface area (Å²) in [6.07, 6.45) is 8.64. The second-order valence-electron chi connectivity index (χ2n) is 9.27. The molecule has 0 unspecified atom stereocenters. The Bertz CT molecular complexity index is 1480. The fraction of sp³-hybridized carbons (Fsp3) is 0.308. The number of fused-ring (bicyclic) bond motifs is 1. The molecule has 13 nitrogen and oxygen atoms in total. The zero-order valence-corrected chi connectivity index (χ0v) is 21.5. The number of likely N-dealkylation sites (tertiary alicyclic amines) is 1. The molecule has 0 spiro atoms. The number of amides is 3. The Morgan fingerprint density at radius 3 is 2.69 bits per heavy atom. The molecule has 0 radical (unpaired) electrons. The number of rotatable bonds is 5. The molecule has 202 valence electrons. The van der Waals surface area contributed by atoms with Crippen molar-refractivity contribution in [1.29, 1.82) is 0 Å². The highest BCUT2D eigenvalue weighted by Crippen LogP contribution is 2.26. The lowest BCUT2D eigenvalue weighted by Gasteiger charge is -2.31. The number of carbonyl (C=O) groups is 3. The third-order valence-corrected chi connectivity index (χ3v) is 6.60. The second kappa shape index (κ2) is 10.8. The van der Waals surface area contributed by atoms with Crippen LogP contribution in [0.1, 0.15) is 35.3 Å². The molecule has 3 N–H and O–H groups in total. The van der Waals surface area contributed by atoms with E-state index in [-0.39, 0.29) is 35.6 Å². The Hall–Kier alpha value is -4.94. The summed E-state index contributed by atoms with van der Waals surface area (Å²) in [7, 11) is 0. The molecule has 0 aliphatic carbocycles. The summed E-state index contributed by atoms with van der Waals surface area (Å²) >= 11 is 0. The number of carbonyl (C=O) groups excluding carboxylic acids is 3. The lowest BCUT2D eigenvalue weighted by molar-refractivity contribution is -0.123. The second-order valence-corrected chi connectivity index (χ2v) is 9.27. The van der Waals surface area contributed by atoms with E-state index in [1.54, 1.807) is 47.3 Å². The van der Waals surface area contributed by atoms with Gasteiger partial charge in [0.2, 0.25) is 0 Å². The van der Waals surface area contributed by atoms with Gasteiger partial charge in [0.25, 0.3) is 11.8 Å². The average molecular weight is 532 g/mol. The lowest BCUT2D eigenvalue weighted by atomic mass is 10.1. The van der Waals surface area contributed by atoms with E-state index in [1.165, 1.54) is 22.1 Å². The highest BCUT2D eigenvalue weighted by atomic mass is 16.6. The van der Waals surface area contributed by atoms with Crippen LogP contribution < -0.4 is 20.8 Å². The number of benzene rings is 1. The van der Waals surface area contributed by atoms with Gasteiger partial charge in [-0.25, -0.2) is 14.8 Å². The predicted molar refractivity (Wildman–Crippen MR) is 144 cm³/mol. The summed E-state index contributed by atoms with van der Waals surface area (Å²) in [4.78, 5) is 51.0. The van der Waals surface area contributed by atoms with Gasteiger partial charge < -0.3 is 20.7 Å².